The van der Waals surface area contributed by atoms with Crippen LogP contribution in [0.4, 0.5) is 4.79 Å². The van der Waals surface area contributed by atoms with E-state index in [4.69, 9.17) is 9.47 Å². The van der Waals surface area contributed by atoms with Gasteiger partial charge in [0, 0.05) is 32.0 Å². The second-order valence-electron chi connectivity index (χ2n) is 9.59. The molecule has 0 aliphatic rings. The van der Waals surface area contributed by atoms with Crippen molar-refractivity contribution in [3.05, 3.63) is 35.4 Å². The lowest BCUT2D eigenvalue weighted by Gasteiger charge is -2.19. The van der Waals surface area contributed by atoms with Gasteiger partial charge in [-0.15, -0.1) is 0 Å². The molecule has 0 saturated carbocycles. The number of nitrogens with one attached hydrogen (secondary N) is 3. The van der Waals surface area contributed by atoms with Gasteiger partial charge in [-0.1, -0.05) is 65.8 Å². The quantitative estimate of drug-likeness (QED) is 0.484. The first-order valence-electron chi connectivity index (χ1n) is 11.4. The molecular formula is C25H43N3O5. The largest absolute Gasteiger partial charge is 0.445 e. The highest BCUT2D eigenvalue weighted by Gasteiger charge is 2.20. The van der Waals surface area contributed by atoms with E-state index in [-0.39, 0.29) is 28.7 Å². The maximum absolute atomic E-state index is 11.4. The molecule has 3 N–H and O–H groups in total. The van der Waals surface area contributed by atoms with Crippen molar-refractivity contribution >= 4 is 17.9 Å². The van der Waals surface area contributed by atoms with Gasteiger partial charge in [0.05, 0.1) is 13.2 Å². The third kappa shape index (κ3) is 15.0. The van der Waals surface area contributed by atoms with Crippen LogP contribution in [0.5, 0.6) is 0 Å². The molecule has 0 unspecified atom stereocenters. The van der Waals surface area contributed by atoms with Crippen molar-refractivity contribution in [3.63, 3.8) is 0 Å². The van der Waals surface area contributed by atoms with Crippen LogP contribution in [0, 0.1) is 5.41 Å². The zero-order valence-corrected chi connectivity index (χ0v) is 21.6. The molecule has 0 bridgehead atoms. The Hall–Kier alpha value is -2.61. The molecule has 8 nitrogen and oxygen atoms in total. The second kappa shape index (κ2) is 15.3. The Labute approximate surface area is 199 Å². The normalized spacial score (nSPS) is 11.0. The lowest BCUT2D eigenvalue weighted by Crippen LogP contribution is -2.36. The molecule has 3 amide bonds. The summed E-state index contributed by atoms with van der Waals surface area (Å²) in [5.74, 6) is -0.0406. The Balaban J connectivity index is 0.000000622. The molecule has 0 spiro atoms. The third-order valence-electron chi connectivity index (χ3n) is 4.48. The fourth-order valence-electron chi connectivity index (χ4n) is 2.34. The van der Waals surface area contributed by atoms with Crippen molar-refractivity contribution in [1.29, 1.82) is 0 Å². The first-order chi connectivity index (χ1) is 15.3. The average molecular weight is 466 g/mol. The van der Waals surface area contributed by atoms with Gasteiger partial charge >= 0.3 is 6.09 Å². The molecule has 0 aliphatic carbocycles. The Bertz CT molecular complexity index is 719. The number of ether oxygens (including phenoxy) is 2. The molecular weight excluding hydrogens is 422 g/mol. The monoisotopic (exact) mass is 465 g/mol. The van der Waals surface area contributed by atoms with E-state index in [0.29, 0.717) is 39.3 Å². The summed E-state index contributed by atoms with van der Waals surface area (Å²) in [7, 11) is 1.59. The summed E-state index contributed by atoms with van der Waals surface area (Å²) in [6, 6.07) is 8.16. The van der Waals surface area contributed by atoms with Gasteiger partial charge in [-0.05, 0) is 23.5 Å². The lowest BCUT2D eigenvalue weighted by atomic mass is 9.87. The van der Waals surface area contributed by atoms with Gasteiger partial charge in [-0.25, -0.2) is 4.79 Å². The highest BCUT2D eigenvalue weighted by Crippen LogP contribution is 2.22. The predicted octanol–water partition coefficient (Wildman–Crippen LogP) is 3.53. The molecule has 0 aromatic heterocycles. The van der Waals surface area contributed by atoms with Gasteiger partial charge in [0.2, 0.25) is 11.8 Å². The molecule has 1 aromatic rings. The zero-order valence-electron chi connectivity index (χ0n) is 21.6. The van der Waals surface area contributed by atoms with Gasteiger partial charge < -0.3 is 25.4 Å². The molecule has 1 aromatic carbocycles. The van der Waals surface area contributed by atoms with Crippen molar-refractivity contribution in [2.24, 2.45) is 5.41 Å². The Morgan fingerprint density at radius 1 is 0.909 bits per heavy atom. The number of alkyl carbamates (subject to hydrolysis) is 1. The van der Waals surface area contributed by atoms with Crippen LogP contribution in [0.2, 0.25) is 0 Å². The maximum Gasteiger partial charge on any atom is 0.407 e. The summed E-state index contributed by atoms with van der Waals surface area (Å²) in [6.45, 7) is 16.1. The Morgan fingerprint density at radius 3 is 2.00 bits per heavy atom. The van der Waals surface area contributed by atoms with Crippen molar-refractivity contribution in [3.8, 4) is 0 Å². The van der Waals surface area contributed by atoms with Crippen molar-refractivity contribution in [2.45, 2.75) is 66.9 Å². The number of hydrogen-bond acceptors (Lipinski definition) is 5. The third-order valence-corrected chi connectivity index (χ3v) is 4.48. The minimum Gasteiger partial charge on any atom is -0.445 e. The van der Waals surface area contributed by atoms with Crippen LogP contribution in [0.1, 0.15) is 66.0 Å². The molecule has 1 rings (SSSR count). The zero-order chi connectivity index (χ0) is 25.5. The first-order valence-corrected chi connectivity index (χ1v) is 11.4. The number of hydrogen-bond donors (Lipinski definition) is 3. The molecule has 0 atom stereocenters. The number of rotatable bonds is 9. The van der Waals surface area contributed by atoms with Crippen molar-refractivity contribution in [1.82, 2.24) is 16.0 Å². The van der Waals surface area contributed by atoms with Crippen LogP contribution < -0.4 is 16.0 Å². The average Bonchev–Trinajstić information content (AvgIpc) is 2.74. The van der Waals surface area contributed by atoms with E-state index in [9.17, 15) is 14.4 Å². The molecule has 0 saturated heterocycles. The molecule has 0 radical (unpaired) electrons. The Kier molecular flexibility index (Phi) is 14.1. The second-order valence-corrected chi connectivity index (χ2v) is 9.59. The molecule has 0 fully saturated rings. The van der Waals surface area contributed by atoms with Gasteiger partial charge in [0.15, 0.2) is 0 Å². The van der Waals surface area contributed by atoms with E-state index in [1.807, 2.05) is 39.8 Å². The summed E-state index contributed by atoms with van der Waals surface area (Å²) in [6.07, 6.45) is -0.0172. The van der Waals surface area contributed by atoms with E-state index in [0.717, 1.165) is 5.56 Å². The lowest BCUT2D eigenvalue weighted by molar-refractivity contribution is -0.129. The van der Waals surface area contributed by atoms with Crippen LogP contribution in [0.25, 0.3) is 0 Å². The predicted molar refractivity (Wildman–Crippen MR) is 131 cm³/mol. The smallest absolute Gasteiger partial charge is 0.407 e. The fraction of sp³-hybridized carbons (Fsp3) is 0.640. The van der Waals surface area contributed by atoms with Gasteiger partial charge in [-0.2, -0.15) is 0 Å². The fourth-order valence-corrected chi connectivity index (χ4v) is 2.34. The van der Waals surface area contributed by atoms with Gasteiger partial charge in [0.25, 0.3) is 0 Å². The molecule has 0 heterocycles. The van der Waals surface area contributed by atoms with E-state index in [2.05, 4.69) is 48.9 Å². The highest BCUT2D eigenvalue weighted by atomic mass is 16.5. The summed E-state index contributed by atoms with van der Waals surface area (Å²) < 4.78 is 10.2. The molecule has 0 aliphatic heterocycles. The van der Waals surface area contributed by atoms with Gasteiger partial charge in [-0.3, -0.25) is 9.59 Å². The summed E-state index contributed by atoms with van der Waals surface area (Å²) in [4.78, 5) is 33.4. The number of amides is 3. The molecule has 8 heteroatoms. The standard InChI is InChI=1S/C14H21NO2.C11H22N2O3/c1-5-15-13(16)17-10-11-6-8-12(9-7-11)14(2,3)4;1-11(2,3)10(15)13-6-8-16-7-5-9(14)12-4/h6-9H,5,10H2,1-4H3,(H,15,16);5-8H2,1-4H3,(H,12,14)(H,13,15). The van der Waals surface area contributed by atoms with E-state index < -0.39 is 0 Å². The Morgan fingerprint density at radius 2 is 1.52 bits per heavy atom. The summed E-state index contributed by atoms with van der Waals surface area (Å²) in [5, 5.41) is 7.86. The number of benzene rings is 1. The molecule has 188 valence electrons. The number of carbonyl (C=O) groups excluding carboxylic acids is 3. The SMILES string of the molecule is CCNC(=O)OCc1ccc(C(C)(C)C)cc1.CNC(=O)CCOCCNC(=O)C(C)(C)C. The van der Waals surface area contributed by atoms with Crippen LogP contribution in [-0.2, 0) is 31.1 Å². The van der Waals surface area contributed by atoms with Crippen LogP contribution in [-0.4, -0.2) is 51.3 Å². The van der Waals surface area contributed by atoms with Crippen LogP contribution in [0.15, 0.2) is 24.3 Å². The number of carbonyl (C=O) groups is 3. The minimum absolute atomic E-state index is 0.00222. The van der Waals surface area contributed by atoms with Crippen molar-refractivity contribution < 1.29 is 23.9 Å². The van der Waals surface area contributed by atoms with E-state index in [1.165, 1.54) is 5.56 Å². The van der Waals surface area contributed by atoms with Crippen molar-refractivity contribution in [2.75, 3.05) is 33.4 Å². The topological polar surface area (TPSA) is 106 Å². The highest BCUT2D eigenvalue weighted by molar-refractivity contribution is 5.81. The van der Waals surface area contributed by atoms with E-state index in [1.54, 1.807) is 7.05 Å². The summed E-state index contributed by atoms with van der Waals surface area (Å²) in [5.41, 5.74) is 2.06. The van der Waals surface area contributed by atoms with Gasteiger partial charge in [0.1, 0.15) is 6.61 Å². The van der Waals surface area contributed by atoms with Crippen LogP contribution >= 0.6 is 0 Å². The minimum atomic E-state index is -0.373. The summed E-state index contributed by atoms with van der Waals surface area (Å²) >= 11 is 0. The van der Waals surface area contributed by atoms with E-state index >= 15 is 0 Å². The maximum atomic E-state index is 11.4. The molecule has 33 heavy (non-hydrogen) atoms. The first kappa shape index (κ1) is 30.4. The van der Waals surface area contributed by atoms with Crippen LogP contribution in [0.3, 0.4) is 0 Å².